The molecule has 0 saturated heterocycles. The highest BCUT2D eigenvalue weighted by atomic mass is 16.3. The summed E-state index contributed by atoms with van der Waals surface area (Å²) in [5, 5.41) is 7.64. The third-order valence-corrected chi connectivity index (χ3v) is 3.02. The molecule has 0 bridgehead atoms. The lowest BCUT2D eigenvalue weighted by atomic mass is 10.2. The largest absolute Gasteiger partial charge is 0.468 e. The maximum absolute atomic E-state index is 5.36. The molecular formula is C13H20N4O. The molecule has 1 N–H and O–H groups in total. The average molecular weight is 248 g/mol. The molecule has 0 aromatic carbocycles. The summed E-state index contributed by atoms with van der Waals surface area (Å²) in [6, 6.07) is 3.91. The zero-order valence-electron chi connectivity index (χ0n) is 11.4. The van der Waals surface area contributed by atoms with Gasteiger partial charge in [0.1, 0.15) is 11.6 Å². The summed E-state index contributed by atoms with van der Waals surface area (Å²) in [5.41, 5.74) is 2.29. The standard InChI is InChI=1S/C13H20N4O/c1-10-12(13(14-2)17(4)15-10)9-16(3)8-11-6-5-7-18-11/h5-7,14H,8-9H2,1-4H3. The third kappa shape index (κ3) is 2.56. The quantitative estimate of drug-likeness (QED) is 0.879. The van der Waals surface area contributed by atoms with Gasteiger partial charge in [-0.05, 0) is 26.1 Å². The molecule has 0 aliphatic rings. The van der Waals surface area contributed by atoms with Gasteiger partial charge in [-0.15, -0.1) is 0 Å². The number of hydrogen-bond donors (Lipinski definition) is 1. The number of nitrogens with zero attached hydrogens (tertiary/aromatic N) is 3. The summed E-state index contributed by atoms with van der Waals surface area (Å²) >= 11 is 0. The van der Waals surface area contributed by atoms with E-state index in [1.807, 2.05) is 37.8 Å². The number of nitrogens with one attached hydrogen (secondary N) is 1. The van der Waals surface area contributed by atoms with Crippen LogP contribution >= 0.6 is 0 Å². The summed E-state index contributed by atoms with van der Waals surface area (Å²) in [6.45, 7) is 3.68. The predicted octanol–water partition coefficient (Wildman–Crippen LogP) is 2.00. The van der Waals surface area contributed by atoms with Gasteiger partial charge in [0.05, 0.1) is 18.5 Å². The minimum absolute atomic E-state index is 0.796. The van der Waals surface area contributed by atoms with Crippen LogP contribution in [0.4, 0.5) is 5.82 Å². The van der Waals surface area contributed by atoms with E-state index < -0.39 is 0 Å². The number of furan rings is 1. The van der Waals surface area contributed by atoms with Gasteiger partial charge in [-0.3, -0.25) is 9.58 Å². The van der Waals surface area contributed by atoms with Crippen molar-refractivity contribution in [2.75, 3.05) is 19.4 Å². The molecule has 2 aromatic rings. The van der Waals surface area contributed by atoms with Crippen molar-refractivity contribution in [3.63, 3.8) is 0 Å². The number of aromatic nitrogens is 2. The van der Waals surface area contributed by atoms with Crippen molar-refractivity contribution < 1.29 is 4.42 Å². The molecule has 0 aliphatic carbocycles. The van der Waals surface area contributed by atoms with Crippen LogP contribution in [0.3, 0.4) is 0 Å². The van der Waals surface area contributed by atoms with Gasteiger partial charge in [0.25, 0.3) is 0 Å². The van der Waals surface area contributed by atoms with Crippen molar-refractivity contribution in [1.82, 2.24) is 14.7 Å². The molecule has 0 saturated carbocycles. The fourth-order valence-corrected chi connectivity index (χ4v) is 2.20. The summed E-state index contributed by atoms with van der Waals surface area (Å²) < 4.78 is 7.24. The van der Waals surface area contributed by atoms with Crippen LogP contribution in [0, 0.1) is 6.92 Å². The van der Waals surface area contributed by atoms with E-state index in [4.69, 9.17) is 4.42 Å². The molecular weight excluding hydrogens is 228 g/mol. The van der Waals surface area contributed by atoms with Crippen LogP contribution in [0.15, 0.2) is 22.8 Å². The fourth-order valence-electron chi connectivity index (χ4n) is 2.20. The predicted molar refractivity (Wildman–Crippen MR) is 71.4 cm³/mol. The first-order chi connectivity index (χ1) is 8.61. The molecule has 0 unspecified atom stereocenters. The van der Waals surface area contributed by atoms with Crippen LogP contribution in [-0.2, 0) is 20.1 Å². The van der Waals surface area contributed by atoms with E-state index >= 15 is 0 Å². The molecule has 0 atom stereocenters. The Morgan fingerprint density at radius 1 is 1.44 bits per heavy atom. The molecule has 18 heavy (non-hydrogen) atoms. The van der Waals surface area contributed by atoms with Gasteiger partial charge < -0.3 is 9.73 Å². The van der Waals surface area contributed by atoms with Gasteiger partial charge in [-0.25, -0.2) is 0 Å². The Balaban J connectivity index is 2.09. The first-order valence-corrected chi connectivity index (χ1v) is 6.03. The Labute approximate surface area is 107 Å². The van der Waals surface area contributed by atoms with Crippen LogP contribution < -0.4 is 5.32 Å². The van der Waals surface area contributed by atoms with Crippen molar-refractivity contribution >= 4 is 5.82 Å². The van der Waals surface area contributed by atoms with Crippen LogP contribution in [0.1, 0.15) is 17.0 Å². The molecule has 0 amide bonds. The second-order valence-electron chi connectivity index (χ2n) is 4.54. The molecule has 5 nitrogen and oxygen atoms in total. The minimum atomic E-state index is 0.796. The Morgan fingerprint density at radius 3 is 2.83 bits per heavy atom. The lowest BCUT2D eigenvalue weighted by Crippen LogP contribution is -2.18. The van der Waals surface area contributed by atoms with Crippen molar-refractivity contribution in [2.45, 2.75) is 20.0 Å². The van der Waals surface area contributed by atoms with E-state index in [9.17, 15) is 0 Å². The maximum Gasteiger partial charge on any atom is 0.128 e. The van der Waals surface area contributed by atoms with Gasteiger partial charge in [-0.2, -0.15) is 5.10 Å². The molecule has 5 heteroatoms. The van der Waals surface area contributed by atoms with Crippen LogP contribution in [0.5, 0.6) is 0 Å². The summed E-state index contributed by atoms with van der Waals surface area (Å²) in [7, 11) is 5.95. The highest BCUT2D eigenvalue weighted by Crippen LogP contribution is 2.20. The molecule has 2 aromatic heterocycles. The molecule has 0 aliphatic heterocycles. The SMILES string of the molecule is CNc1c(CN(C)Cc2ccco2)c(C)nn1C. The van der Waals surface area contributed by atoms with Crippen LogP contribution in [0.25, 0.3) is 0 Å². The monoisotopic (exact) mass is 248 g/mol. The summed E-state index contributed by atoms with van der Waals surface area (Å²) in [5.74, 6) is 2.05. The van der Waals surface area contributed by atoms with Crippen molar-refractivity contribution in [2.24, 2.45) is 7.05 Å². The number of anilines is 1. The summed E-state index contributed by atoms with van der Waals surface area (Å²) in [4.78, 5) is 2.21. The lowest BCUT2D eigenvalue weighted by molar-refractivity contribution is 0.287. The van der Waals surface area contributed by atoms with Crippen LogP contribution in [0.2, 0.25) is 0 Å². The number of hydrogen-bond acceptors (Lipinski definition) is 4. The first kappa shape index (κ1) is 12.7. The van der Waals surface area contributed by atoms with Gasteiger partial charge in [0.15, 0.2) is 0 Å². The average Bonchev–Trinajstić information content (AvgIpc) is 2.89. The van der Waals surface area contributed by atoms with E-state index in [1.54, 1.807) is 6.26 Å². The highest BCUT2D eigenvalue weighted by Gasteiger charge is 2.14. The van der Waals surface area contributed by atoms with E-state index in [2.05, 4.69) is 22.4 Å². The Hall–Kier alpha value is -1.75. The molecule has 0 spiro atoms. The fraction of sp³-hybridized carbons (Fsp3) is 0.462. The summed E-state index contributed by atoms with van der Waals surface area (Å²) in [6.07, 6.45) is 1.71. The van der Waals surface area contributed by atoms with Crippen molar-refractivity contribution in [1.29, 1.82) is 0 Å². The number of aryl methyl sites for hydroxylation is 2. The Morgan fingerprint density at radius 2 is 2.22 bits per heavy atom. The van der Waals surface area contributed by atoms with Crippen molar-refractivity contribution in [3.05, 3.63) is 35.4 Å². The minimum Gasteiger partial charge on any atom is -0.468 e. The number of rotatable bonds is 5. The molecule has 2 heterocycles. The van der Waals surface area contributed by atoms with Gasteiger partial charge >= 0.3 is 0 Å². The first-order valence-electron chi connectivity index (χ1n) is 6.03. The smallest absolute Gasteiger partial charge is 0.128 e. The van der Waals surface area contributed by atoms with Gasteiger partial charge in [0.2, 0.25) is 0 Å². The Kier molecular flexibility index (Phi) is 3.72. The Bertz CT molecular complexity index is 501. The van der Waals surface area contributed by atoms with Crippen LogP contribution in [-0.4, -0.2) is 28.8 Å². The van der Waals surface area contributed by atoms with E-state index in [0.29, 0.717) is 0 Å². The maximum atomic E-state index is 5.36. The van der Waals surface area contributed by atoms with Gasteiger partial charge in [0, 0.05) is 26.2 Å². The van der Waals surface area contributed by atoms with E-state index in [1.165, 1.54) is 5.56 Å². The zero-order valence-corrected chi connectivity index (χ0v) is 11.4. The van der Waals surface area contributed by atoms with Gasteiger partial charge in [-0.1, -0.05) is 0 Å². The molecule has 2 rings (SSSR count). The second kappa shape index (κ2) is 5.27. The molecule has 0 fully saturated rings. The molecule has 98 valence electrons. The van der Waals surface area contributed by atoms with E-state index in [0.717, 1.165) is 30.4 Å². The normalized spacial score (nSPS) is 11.2. The zero-order chi connectivity index (χ0) is 13.1. The highest BCUT2D eigenvalue weighted by molar-refractivity contribution is 5.46. The topological polar surface area (TPSA) is 46.2 Å². The second-order valence-corrected chi connectivity index (χ2v) is 4.54. The van der Waals surface area contributed by atoms with E-state index in [-0.39, 0.29) is 0 Å². The third-order valence-electron chi connectivity index (χ3n) is 3.02. The molecule has 0 radical (unpaired) electrons. The lowest BCUT2D eigenvalue weighted by Gasteiger charge is -2.16. The van der Waals surface area contributed by atoms with Crippen molar-refractivity contribution in [3.8, 4) is 0 Å².